The van der Waals surface area contributed by atoms with Gasteiger partial charge < -0.3 is 0 Å². The molecule has 0 amide bonds. The van der Waals surface area contributed by atoms with E-state index in [2.05, 4.69) is 141 Å². The second-order valence-electron chi connectivity index (χ2n) is 12.2. The molecule has 39 heavy (non-hydrogen) atoms. The second-order valence-corrected chi connectivity index (χ2v) is 21.3. The molecule has 2 aromatic heterocycles. The van der Waals surface area contributed by atoms with Crippen molar-refractivity contribution in [2.45, 2.75) is 37.7 Å². The Hall–Kier alpha value is -3.63. The third kappa shape index (κ3) is 3.44. The maximum absolute atomic E-state index is 6.85. The van der Waals surface area contributed by atoms with E-state index in [1.165, 1.54) is 38.6 Å². The van der Waals surface area contributed by atoms with Crippen LogP contribution in [-0.2, 0) is 12.5 Å². The molecular formula is C36H34GeNO+. The molecule has 0 saturated heterocycles. The van der Waals surface area contributed by atoms with Crippen LogP contribution in [0.4, 0.5) is 0 Å². The fraction of sp³-hybridized carbons (Fsp3) is 0.194. The molecule has 0 saturated carbocycles. The van der Waals surface area contributed by atoms with Crippen molar-refractivity contribution < 1.29 is 8.98 Å². The summed E-state index contributed by atoms with van der Waals surface area (Å²) < 4.78 is 12.2. The average molecular weight is 569 g/mol. The Labute approximate surface area is 233 Å². The average Bonchev–Trinajstić information content (AvgIpc) is 3.31. The van der Waals surface area contributed by atoms with Gasteiger partial charge in [0, 0.05) is 0 Å². The monoisotopic (exact) mass is 570 g/mol. The number of aryl methyl sites for hydroxylation is 2. The van der Waals surface area contributed by atoms with Crippen LogP contribution in [0.25, 0.3) is 44.3 Å². The third-order valence-corrected chi connectivity index (χ3v) is 16.6. The van der Waals surface area contributed by atoms with Crippen molar-refractivity contribution in [3.05, 3.63) is 114 Å². The van der Waals surface area contributed by atoms with Gasteiger partial charge in [-0.1, -0.05) is 0 Å². The Kier molecular flexibility index (Phi) is 5.28. The first kappa shape index (κ1) is 24.4. The molecule has 0 bridgehead atoms. The van der Waals surface area contributed by atoms with E-state index in [0.717, 1.165) is 22.4 Å². The number of fused-ring (bicyclic) bond motifs is 5. The molecule has 0 spiro atoms. The van der Waals surface area contributed by atoms with E-state index in [1.54, 1.807) is 8.79 Å². The summed E-state index contributed by atoms with van der Waals surface area (Å²) >= 11 is -2.51. The van der Waals surface area contributed by atoms with Crippen LogP contribution in [0.2, 0.25) is 11.5 Å². The molecular weight excluding hydrogens is 535 g/mol. The number of aromatic nitrogens is 1. The van der Waals surface area contributed by atoms with Crippen molar-refractivity contribution in [1.29, 1.82) is 0 Å². The summed E-state index contributed by atoms with van der Waals surface area (Å²) in [7, 11) is 2.10. The molecule has 4 aromatic carbocycles. The van der Waals surface area contributed by atoms with Gasteiger partial charge in [0.25, 0.3) is 0 Å². The summed E-state index contributed by atoms with van der Waals surface area (Å²) in [5.74, 6) is 5.10. The van der Waals surface area contributed by atoms with Gasteiger partial charge in [-0.2, -0.15) is 0 Å². The van der Waals surface area contributed by atoms with Crippen molar-refractivity contribution in [3.8, 4) is 22.4 Å². The molecule has 0 unspecified atom stereocenters. The Balaban J connectivity index is 1.48. The molecule has 3 heteroatoms. The summed E-state index contributed by atoms with van der Waals surface area (Å²) in [5.41, 5.74) is 10.9. The standard InChI is InChI=1S/C36H34GeNO/c1-23-17-19-27-26-13-11-12-25(34(26)39-35(27)33(23)32-16-9-10-21-38(32)6)24-18-20-29-31(22-24)37(4,5)30-15-8-7-14-28(30)36(29,2)3/h7-22H,1-6H3/q+1. The van der Waals surface area contributed by atoms with Gasteiger partial charge in [0.2, 0.25) is 0 Å². The molecule has 0 fully saturated rings. The molecule has 1 aliphatic heterocycles. The van der Waals surface area contributed by atoms with E-state index in [0.29, 0.717) is 0 Å². The topological polar surface area (TPSA) is 17.0 Å². The predicted molar refractivity (Wildman–Crippen MR) is 166 cm³/mol. The van der Waals surface area contributed by atoms with Gasteiger partial charge in [0.15, 0.2) is 0 Å². The zero-order chi connectivity index (χ0) is 27.1. The van der Waals surface area contributed by atoms with Crippen LogP contribution in [0.3, 0.4) is 0 Å². The van der Waals surface area contributed by atoms with Crippen LogP contribution < -0.4 is 13.4 Å². The molecule has 3 heterocycles. The quantitative estimate of drug-likeness (QED) is 0.156. The van der Waals surface area contributed by atoms with Crippen molar-refractivity contribution in [3.63, 3.8) is 0 Å². The van der Waals surface area contributed by atoms with Gasteiger partial charge in [-0.25, -0.2) is 0 Å². The zero-order valence-corrected chi connectivity index (χ0v) is 25.7. The maximum atomic E-state index is 6.85. The number of nitrogens with zero attached hydrogens (tertiary/aromatic N) is 1. The summed E-state index contributed by atoms with van der Waals surface area (Å²) in [6, 6.07) is 33.8. The SMILES string of the molecule is Cc1ccc2c(oc3c(-c4ccc5[c](c4)[Ge]([CH3])([CH3])[c]4ccccc4C5(C)C)cccc32)c1-c1cccc[n+]1C. The molecule has 0 atom stereocenters. The van der Waals surface area contributed by atoms with Crippen LogP contribution in [0.15, 0.2) is 102 Å². The zero-order valence-electron chi connectivity index (χ0n) is 23.6. The van der Waals surface area contributed by atoms with Gasteiger partial charge >= 0.3 is 234 Å². The van der Waals surface area contributed by atoms with Crippen LogP contribution in [0.5, 0.6) is 0 Å². The number of benzene rings is 4. The van der Waals surface area contributed by atoms with Crippen LogP contribution in [0, 0.1) is 6.92 Å². The van der Waals surface area contributed by atoms with Crippen molar-refractivity contribution in [2.75, 3.05) is 0 Å². The first-order valence-corrected chi connectivity index (χ1v) is 20.1. The first-order chi connectivity index (χ1) is 18.7. The minimum absolute atomic E-state index is 0.00572. The van der Waals surface area contributed by atoms with Gasteiger partial charge in [-0.05, 0) is 0 Å². The van der Waals surface area contributed by atoms with Crippen molar-refractivity contribution >= 4 is 44.0 Å². The molecule has 2 nitrogen and oxygen atoms in total. The molecule has 6 aromatic rings. The number of pyridine rings is 1. The summed E-state index contributed by atoms with van der Waals surface area (Å²) in [6.07, 6.45) is 2.10. The number of rotatable bonds is 2. The molecule has 7 rings (SSSR count). The van der Waals surface area contributed by atoms with E-state index in [4.69, 9.17) is 4.42 Å². The number of hydrogen-bond donors (Lipinski definition) is 0. The van der Waals surface area contributed by atoms with Gasteiger partial charge in [-0.15, -0.1) is 0 Å². The fourth-order valence-corrected chi connectivity index (χ4v) is 14.2. The third-order valence-electron chi connectivity index (χ3n) is 9.14. The molecule has 0 radical (unpaired) electrons. The molecule has 1 aliphatic rings. The number of para-hydroxylation sites is 1. The molecule has 0 N–H and O–H groups in total. The second kappa shape index (κ2) is 8.43. The summed E-state index contributed by atoms with van der Waals surface area (Å²) in [4.78, 5) is 0. The summed E-state index contributed by atoms with van der Waals surface area (Å²) in [5, 5.41) is 2.34. The van der Waals surface area contributed by atoms with E-state index in [1.807, 2.05) is 0 Å². The van der Waals surface area contributed by atoms with Gasteiger partial charge in [0.1, 0.15) is 0 Å². The summed E-state index contributed by atoms with van der Waals surface area (Å²) in [6.45, 7) is 6.94. The normalized spacial score (nSPS) is 15.3. The van der Waals surface area contributed by atoms with E-state index in [9.17, 15) is 0 Å². The Bertz CT molecular complexity index is 1940. The van der Waals surface area contributed by atoms with Crippen LogP contribution in [-0.4, -0.2) is 13.3 Å². The van der Waals surface area contributed by atoms with Crippen molar-refractivity contribution in [1.82, 2.24) is 0 Å². The van der Waals surface area contributed by atoms with E-state index in [-0.39, 0.29) is 5.41 Å². The fourth-order valence-electron chi connectivity index (χ4n) is 6.93. The number of furan rings is 1. The predicted octanol–water partition coefficient (Wildman–Crippen LogP) is 7.51. The van der Waals surface area contributed by atoms with Gasteiger partial charge in [0.05, 0.1) is 0 Å². The van der Waals surface area contributed by atoms with Crippen LogP contribution in [0.1, 0.15) is 30.5 Å². The minimum atomic E-state index is -2.51. The van der Waals surface area contributed by atoms with E-state index >= 15 is 0 Å². The Morgan fingerprint density at radius 2 is 1.46 bits per heavy atom. The molecule has 192 valence electrons. The Morgan fingerprint density at radius 1 is 0.718 bits per heavy atom. The van der Waals surface area contributed by atoms with Crippen LogP contribution >= 0.6 is 0 Å². The first-order valence-electron chi connectivity index (χ1n) is 13.8. The van der Waals surface area contributed by atoms with Crippen molar-refractivity contribution in [2.24, 2.45) is 7.05 Å². The Morgan fingerprint density at radius 3 is 2.28 bits per heavy atom. The van der Waals surface area contributed by atoms with E-state index < -0.39 is 13.3 Å². The molecule has 0 aliphatic carbocycles. The van der Waals surface area contributed by atoms with Gasteiger partial charge in [-0.3, -0.25) is 0 Å². The number of hydrogen-bond acceptors (Lipinski definition) is 1.